The quantitative estimate of drug-likeness (QED) is 0.877. The first kappa shape index (κ1) is 16.1. The van der Waals surface area contributed by atoms with E-state index in [1.807, 2.05) is 4.68 Å². The molecule has 8 heteroatoms. The predicted molar refractivity (Wildman–Crippen MR) is 93.9 cm³/mol. The molecule has 1 aromatic carbocycles. The Balaban J connectivity index is 1.56. The lowest BCUT2D eigenvalue weighted by atomic mass is 9.93. The number of sulfonamides is 1. The van der Waals surface area contributed by atoms with E-state index in [0.717, 1.165) is 18.4 Å². The van der Waals surface area contributed by atoms with Crippen molar-refractivity contribution in [2.45, 2.75) is 49.5 Å². The molecule has 1 amide bonds. The van der Waals surface area contributed by atoms with Crippen LogP contribution in [0.15, 0.2) is 35.5 Å². The molecular weight excluding hydrogens is 340 g/mol. The van der Waals surface area contributed by atoms with Gasteiger partial charge in [0.05, 0.1) is 22.8 Å². The number of hydrogen-bond donors (Lipinski definition) is 2. The molecule has 1 aliphatic heterocycles. The Hall–Kier alpha value is -2.35. The number of carbonyl (C=O) groups excluding carboxylic acids is 1. The lowest BCUT2D eigenvalue weighted by Gasteiger charge is -2.25. The second-order valence-corrected chi connectivity index (χ2v) is 8.30. The Kier molecular flexibility index (Phi) is 3.99. The molecule has 0 saturated heterocycles. The Morgan fingerprint density at radius 1 is 1.20 bits per heavy atom. The van der Waals surface area contributed by atoms with E-state index in [1.165, 1.54) is 12.5 Å². The summed E-state index contributed by atoms with van der Waals surface area (Å²) in [6.07, 6.45) is 8.49. The Bertz CT molecular complexity index is 916. The first-order chi connectivity index (χ1) is 12.0. The maximum absolute atomic E-state index is 12.7. The number of anilines is 2. The van der Waals surface area contributed by atoms with Crippen LogP contribution in [-0.4, -0.2) is 24.1 Å². The van der Waals surface area contributed by atoms with Crippen LogP contribution >= 0.6 is 0 Å². The van der Waals surface area contributed by atoms with Crippen molar-refractivity contribution in [3.05, 3.63) is 36.2 Å². The molecule has 1 aromatic heterocycles. The summed E-state index contributed by atoms with van der Waals surface area (Å²) in [4.78, 5) is 11.8. The van der Waals surface area contributed by atoms with E-state index in [4.69, 9.17) is 0 Å². The van der Waals surface area contributed by atoms with Crippen molar-refractivity contribution in [2.75, 3.05) is 10.0 Å². The van der Waals surface area contributed by atoms with E-state index in [0.29, 0.717) is 36.7 Å². The second kappa shape index (κ2) is 6.18. The smallest absolute Gasteiger partial charge is 0.262 e. The zero-order chi connectivity index (χ0) is 17.4. The molecule has 2 aromatic rings. The minimum Gasteiger partial charge on any atom is -0.326 e. The average Bonchev–Trinajstić information content (AvgIpc) is 2.85. The van der Waals surface area contributed by atoms with Crippen molar-refractivity contribution in [1.29, 1.82) is 0 Å². The van der Waals surface area contributed by atoms with Crippen molar-refractivity contribution in [3.63, 3.8) is 0 Å². The SMILES string of the molecule is O=C1CCCc2cc(S(=O)(=O)Nc3cnn(C4CCC4)c3)ccc2N1. The predicted octanol–water partition coefficient (Wildman–Crippen LogP) is 2.68. The monoisotopic (exact) mass is 360 g/mol. The van der Waals surface area contributed by atoms with Crippen molar-refractivity contribution in [2.24, 2.45) is 0 Å². The second-order valence-electron chi connectivity index (χ2n) is 6.62. The fourth-order valence-corrected chi connectivity index (χ4v) is 4.25. The van der Waals surface area contributed by atoms with E-state index in [1.54, 1.807) is 24.5 Å². The van der Waals surface area contributed by atoms with Gasteiger partial charge < -0.3 is 5.32 Å². The number of nitrogens with one attached hydrogen (secondary N) is 2. The van der Waals surface area contributed by atoms with Gasteiger partial charge in [-0.2, -0.15) is 5.10 Å². The lowest BCUT2D eigenvalue weighted by Crippen LogP contribution is -2.17. The molecular formula is C17H20N4O3S. The summed E-state index contributed by atoms with van der Waals surface area (Å²) in [5, 5.41) is 7.06. The maximum atomic E-state index is 12.7. The van der Waals surface area contributed by atoms with Crippen molar-refractivity contribution >= 4 is 27.3 Å². The zero-order valence-electron chi connectivity index (χ0n) is 13.7. The number of fused-ring (bicyclic) bond motifs is 1. The van der Waals surface area contributed by atoms with E-state index < -0.39 is 10.0 Å². The molecule has 132 valence electrons. The van der Waals surface area contributed by atoms with Crippen LogP contribution in [0.1, 0.15) is 43.7 Å². The highest BCUT2D eigenvalue weighted by molar-refractivity contribution is 7.92. The fourth-order valence-electron chi connectivity index (χ4n) is 3.17. The summed E-state index contributed by atoms with van der Waals surface area (Å²) < 4.78 is 29.7. The third-order valence-electron chi connectivity index (χ3n) is 4.81. The number of nitrogens with zero attached hydrogens (tertiary/aromatic N) is 2. The van der Waals surface area contributed by atoms with Gasteiger partial charge in [0.25, 0.3) is 10.0 Å². The fraction of sp³-hybridized carbons (Fsp3) is 0.412. The van der Waals surface area contributed by atoms with E-state index in [2.05, 4.69) is 15.1 Å². The number of hydrogen-bond acceptors (Lipinski definition) is 4. The van der Waals surface area contributed by atoms with Gasteiger partial charge in [0.1, 0.15) is 0 Å². The third kappa shape index (κ3) is 3.26. The first-order valence-corrected chi connectivity index (χ1v) is 9.99. The van der Waals surface area contributed by atoms with E-state index in [9.17, 15) is 13.2 Å². The Morgan fingerprint density at radius 3 is 2.80 bits per heavy atom. The summed E-state index contributed by atoms with van der Waals surface area (Å²) in [6, 6.07) is 5.20. The number of benzene rings is 1. The highest BCUT2D eigenvalue weighted by Crippen LogP contribution is 2.32. The average molecular weight is 360 g/mol. The largest absolute Gasteiger partial charge is 0.326 e. The summed E-state index contributed by atoms with van der Waals surface area (Å²) in [5.41, 5.74) is 2.01. The normalized spacial score (nSPS) is 18.0. The van der Waals surface area contributed by atoms with Gasteiger partial charge in [-0.05, 0) is 55.9 Å². The van der Waals surface area contributed by atoms with Crippen LogP contribution in [0.5, 0.6) is 0 Å². The van der Waals surface area contributed by atoms with Gasteiger partial charge in [-0.3, -0.25) is 14.2 Å². The van der Waals surface area contributed by atoms with Crippen LogP contribution in [0.2, 0.25) is 0 Å². The number of aromatic nitrogens is 2. The van der Waals surface area contributed by atoms with Crippen molar-refractivity contribution in [1.82, 2.24) is 9.78 Å². The number of aryl methyl sites for hydroxylation is 1. The molecule has 25 heavy (non-hydrogen) atoms. The summed E-state index contributed by atoms with van der Waals surface area (Å²) in [7, 11) is -3.69. The van der Waals surface area contributed by atoms with E-state index >= 15 is 0 Å². The van der Waals surface area contributed by atoms with Crippen molar-refractivity contribution < 1.29 is 13.2 Å². The molecule has 0 bridgehead atoms. The molecule has 4 rings (SSSR count). The molecule has 1 fully saturated rings. The molecule has 2 N–H and O–H groups in total. The molecule has 1 aliphatic carbocycles. The summed E-state index contributed by atoms with van der Waals surface area (Å²) in [5.74, 6) is -0.0316. The topological polar surface area (TPSA) is 93.1 Å². The number of carbonyl (C=O) groups is 1. The molecule has 1 saturated carbocycles. The summed E-state index contributed by atoms with van der Waals surface area (Å²) in [6.45, 7) is 0. The first-order valence-electron chi connectivity index (χ1n) is 8.51. The van der Waals surface area contributed by atoms with Gasteiger partial charge in [0.2, 0.25) is 5.91 Å². The third-order valence-corrected chi connectivity index (χ3v) is 6.19. The highest BCUT2D eigenvalue weighted by Gasteiger charge is 2.22. The maximum Gasteiger partial charge on any atom is 0.262 e. The van der Waals surface area contributed by atoms with Crippen LogP contribution in [0, 0.1) is 0 Å². The van der Waals surface area contributed by atoms with Gasteiger partial charge in [-0.1, -0.05) is 0 Å². The standard InChI is InChI=1S/C17H20N4O3S/c22-17-6-1-3-12-9-15(7-8-16(12)19-17)25(23,24)20-13-10-18-21(11-13)14-4-2-5-14/h7-11,14,20H,1-6H2,(H,19,22). The van der Waals surface area contributed by atoms with Crippen LogP contribution < -0.4 is 10.0 Å². The van der Waals surface area contributed by atoms with Crippen LogP contribution in [0.25, 0.3) is 0 Å². The molecule has 0 atom stereocenters. The lowest BCUT2D eigenvalue weighted by molar-refractivity contribution is -0.116. The molecule has 7 nitrogen and oxygen atoms in total. The zero-order valence-corrected chi connectivity index (χ0v) is 14.6. The van der Waals surface area contributed by atoms with Crippen molar-refractivity contribution in [3.8, 4) is 0 Å². The van der Waals surface area contributed by atoms with Gasteiger partial charge in [-0.25, -0.2) is 8.42 Å². The van der Waals surface area contributed by atoms with Crippen LogP contribution in [0.4, 0.5) is 11.4 Å². The minimum absolute atomic E-state index is 0.0316. The van der Waals surface area contributed by atoms with Crippen LogP contribution in [-0.2, 0) is 21.2 Å². The molecule has 0 radical (unpaired) electrons. The summed E-state index contributed by atoms with van der Waals surface area (Å²) >= 11 is 0. The molecule has 2 aliphatic rings. The van der Waals surface area contributed by atoms with Gasteiger partial charge in [0, 0.05) is 18.3 Å². The van der Waals surface area contributed by atoms with Gasteiger partial charge in [-0.15, -0.1) is 0 Å². The number of amides is 1. The number of rotatable bonds is 4. The van der Waals surface area contributed by atoms with Crippen LogP contribution in [0.3, 0.4) is 0 Å². The Labute approximate surface area is 146 Å². The van der Waals surface area contributed by atoms with Gasteiger partial charge >= 0.3 is 0 Å². The molecule has 2 heterocycles. The van der Waals surface area contributed by atoms with E-state index in [-0.39, 0.29) is 10.8 Å². The molecule has 0 spiro atoms. The van der Waals surface area contributed by atoms with Gasteiger partial charge in [0.15, 0.2) is 0 Å². The Morgan fingerprint density at radius 2 is 2.04 bits per heavy atom. The minimum atomic E-state index is -3.69. The molecule has 0 unspecified atom stereocenters. The highest BCUT2D eigenvalue weighted by atomic mass is 32.2.